The Labute approximate surface area is 232 Å². The second kappa shape index (κ2) is 12.5. The van der Waals surface area contributed by atoms with Crippen molar-refractivity contribution in [3.63, 3.8) is 0 Å². The summed E-state index contributed by atoms with van der Waals surface area (Å²) in [5, 5.41) is 2.93. The Morgan fingerprint density at radius 2 is 1.36 bits per heavy atom. The Bertz CT molecular complexity index is 1350. The third-order valence-electron chi connectivity index (χ3n) is 6.32. The maximum absolute atomic E-state index is 13.9. The van der Waals surface area contributed by atoms with E-state index in [1.54, 1.807) is 37.3 Å². The van der Waals surface area contributed by atoms with Crippen LogP contribution in [-0.4, -0.2) is 43.3 Å². The first-order chi connectivity index (χ1) is 18.3. The van der Waals surface area contributed by atoms with Crippen molar-refractivity contribution in [1.29, 1.82) is 0 Å². The van der Waals surface area contributed by atoms with Crippen molar-refractivity contribution in [2.24, 2.45) is 0 Å². The van der Waals surface area contributed by atoms with E-state index in [2.05, 4.69) is 19.2 Å². The summed E-state index contributed by atoms with van der Waals surface area (Å²) in [4.78, 5) is 28.6. The summed E-state index contributed by atoms with van der Waals surface area (Å²) in [6, 6.07) is 23.8. The quantitative estimate of drug-likeness (QED) is 0.370. The fourth-order valence-corrected chi connectivity index (χ4v) is 5.55. The topological polar surface area (TPSA) is 86.8 Å². The zero-order valence-corrected chi connectivity index (χ0v) is 24.4. The van der Waals surface area contributed by atoms with Gasteiger partial charge in [-0.2, -0.15) is 0 Å². The summed E-state index contributed by atoms with van der Waals surface area (Å²) in [5.41, 5.74) is 1.77. The van der Waals surface area contributed by atoms with Crippen LogP contribution >= 0.6 is 0 Å². The van der Waals surface area contributed by atoms with E-state index in [1.807, 2.05) is 63.2 Å². The number of amides is 2. The van der Waals surface area contributed by atoms with Gasteiger partial charge < -0.3 is 10.2 Å². The fraction of sp³-hybridized carbons (Fsp3) is 0.355. The lowest BCUT2D eigenvalue weighted by molar-refractivity contribution is -0.140. The second-order valence-electron chi connectivity index (χ2n) is 11.0. The summed E-state index contributed by atoms with van der Waals surface area (Å²) in [6.45, 7) is 11.1. The Balaban J connectivity index is 2.02. The van der Waals surface area contributed by atoms with Crippen LogP contribution in [-0.2, 0) is 26.2 Å². The highest BCUT2D eigenvalue weighted by atomic mass is 32.2. The van der Waals surface area contributed by atoms with E-state index in [-0.39, 0.29) is 23.3 Å². The van der Waals surface area contributed by atoms with Crippen molar-refractivity contribution in [2.45, 2.75) is 70.5 Å². The van der Waals surface area contributed by atoms with E-state index in [0.29, 0.717) is 5.69 Å². The van der Waals surface area contributed by atoms with Crippen LogP contribution in [0.1, 0.15) is 58.6 Å². The van der Waals surface area contributed by atoms with Crippen molar-refractivity contribution >= 4 is 27.5 Å². The van der Waals surface area contributed by atoms with Crippen LogP contribution in [0.5, 0.6) is 0 Å². The first-order valence-electron chi connectivity index (χ1n) is 13.1. The van der Waals surface area contributed by atoms with Gasteiger partial charge in [-0.15, -0.1) is 0 Å². The normalized spacial score (nSPS) is 12.6. The second-order valence-corrected chi connectivity index (χ2v) is 12.9. The lowest BCUT2D eigenvalue weighted by atomic mass is 10.0. The number of hydrogen-bond donors (Lipinski definition) is 1. The van der Waals surface area contributed by atoms with Gasteiger partial charge in [0.25, 0.3) is 10.0 Å². The molecule has 0 heterocycles. The number of carbonyl (C=O) groups is 2. The van der Waals surface area contributed by atoms with Gasteiger partial charge in [-0.05, 0) is 69.0 Å². The number of benzene rings is 3. The average Bonchev–Trinajstić information content (AvgIpc) is 2.90. The van der Waals surface area contributed by atoms with Gasteiger partial charge in [-0.1, -0.05) is 74.5 Å². The van der Waals surface area contributed by atoms with Crippen LogP contribution in [0.2, 0.25) is 0 Å². The number of sulfonamides is 1. The molecule has 0 fully saturated rings. The molecule has 0 bridgehead atoms. The number of carbonyl (C=O) groups excluding carboxylic acids is 2. The molecule has 0 aliphatic heterocycles. The van der Waals surface area contributed by atoms with E-state index in [0.717, 1.165) is 15.4 Å². The highest BCUT2D eigenvalue weighted by Gasteiger charge is 2.33. The molecule has 1 N–H and O–H groups in total. The van der Waals surface area contributed by atoms with Gasteiger partial charge in [-0.3, -0.25) is 13.9 Å². The molecule has 0 aliphatic carbocycles. The summed E-state index contributed by atoms with van der Waals surface area (Å²) < 4.78 is 28.8. The molecule has 3 aromatic rings. The number of anilines is 1. The molecule has 7 nitrogen and oxygen atoms in total. The van der Waals surface area contributed by atoms with Gasteiger partial charge in [0.05, 0.1) is 10.6 Å². The number of rotatable bonds is 10. The van der Waals surface area contributed by atoms with E-state index >= 15 is 0 Å². The third kappa shape index (κ3) is 7.93. The zero-order chi connectivity index (χ0) is 28.8. The van der Waals surface area contributed by atoms with Crippen LogP contribution in [0.4, 0.5) is 5.69 Å². The highest BCUT2D eigenvalue weighted by molar-refractivity contribution is 7.92. The summed E-state index contributed by atoms with van der Waals surface area (Å²) in [7, 11) is -4.08. The third-order valence-corrected chi connectivity index (χ3v) is 8.11. The molecule has 0 saturated carbocycles. The molecule has 3 rings (SSSR count). The lowest BCUT2D eigenvalue weighted by Gasteiger charge is -2.33. The number of nitrogens with zero attached hydrogens (tertiary/aromatic N) is 2. The molecule has 2 amide bonds. The maximum atomic E-state index is 13.9. The molecule has 0 radical (unpaired) electrons. The van der Waals surface area contributed by atoms with E-state index in [4.69, 9.17) is 0 Å². The average molecular weight is 550 g/mol. The van der Waals surface area contributed by atoms with Crippen LogP contribution in [0.25, 0.3) is 0 Å². The number of hydrogen-bond acceptors (Lipinski definition) is 4. The summed E-state index contributed by atoms with van der Waals surface area (Å²) >= 11 is 0. The van der Waals surface area contributed by atoms with E-state index < -0.39 is 34.1 Å². The molecular formula is C31H39N3O4S. The van der Waals surface area contributed by atoms with Crippen molar-refractivity contribution < 1.29 is 18.0 Å². The molecule has 0 unspecified atom stereocenters. The molecule has 208 valence electrons. The van der Waals surface area contributed by atoms with Crippen LogP contribution in [0.15, 0.2) is 89.8 Å². The van der Waals surface area contributed by atoms with Crippen molar-refractivity contribution in [1.82, 2.24) is 10.2 Å². The number of nitrogens with one attached hydrogen (secondary N) is 1. The van der Waals surface area contributed by atoms with Crippen molar-refractivity contribution in [3.05, 3.63) is 96.1 Å². The van der Waals surface area contributed by atoms with Crippen LogP contribution in [0, 0.1) is 0 Å². The predicted octanol–water partition coefficient (Wildman–Crippen LogP) is 5.34. The SMILES string of the molecule is CC(C)c1ccc(N(CC(=O)N(Cc2ccccc2)[C@H](C)C(=O)NC(C)(C)C)S(=O)(=O)c2ccccc2)cc1. The predicted molar refractivity (Wildman–Crippen MR) is 156 cm³/mol. The molecule has 0 aliphatic rings. The Kier molecular flexibility index (Phi) is 9.56. The van der Waals surface area contributed by atoms with E-state index in [1.165, 1.54) is 17.0 Å². The van der Waals surface area contributed by atoms with Gasteiger partial charge in [0.1, 0.15) is 12.6 Å². The minimum Gasteiger partial charge on any atom is -0.350 e. The minimum atomic E-state index is -4.08. The van der Waals surface area contributed by atoms with Crippen LogP contribution < -0.4 is 9.62 Å². The first kappa shape index (κ1) is 29.9. The Hall–Kier alpha value is -3.65. The van der Waals surface area contributed by atoms with Gasteiger partial charge in [0, 0.05) is 12.1 Å². The van der Waals surface area contributed by atoms with Gasteiger partial charge in [0.2, 0.25) is 11.8 Å². The summed E-state index contributed by atoms with van der Waals surface area (Å²) in [5.74, 6) is -0.531. The molecule has 0 aromatic heterocycles. The Morgan fingerprint density at radius 3 is 1.87 bits per heavy atom. The molecule has 1 atom stereocenters. The largest absolute Gasteiger partial charge is 0.350 e. The highest BCUT2D eigenvalue weighted by Crippen LogP contribution is 2.26. The molecule has 0 saturated heterocycles. The summed E-state index contributed by atoms with van der Waals surface area (Å²) in [6.07, 6.45) is 0. The monoisotopic (exact) mass is 549 g/mol. The Morgan fingerprint density at radius 1 is 0.821 bits per heavy atom. The smallest absolute Gasteiger partial charge is 0.264 e. The van der Waals surface area contributed by atoms with Crippen molar-refractivity contribution in [3.8, 4) is 0 Å². The molecule has 0 spiro atoms. The van der Waals surface area contributed by atoms with Gasteiger partial charge >= 0.3 is 0 Å². The molecule has 8 heteroatoms. The standard InChI is InChI=1S/C31H39N3O4S/c1-23(2)26-17-19-27(20-18-26)34(39(37,38)28-15-11-8-12-16-28)22-29(35)33(21-25-13-9-7-10-14-25)24(3)30(36)32-31(4,5)6/h7-20,23-24H,21-22H2,1-6H3,(H,32,36)/t24-/m1/s1. The molecular weight excluding hydrogens is 510 g/mol. The minimum absolute atomic E-state index is 0.0823. The van der Waals surface area contributed by atoms with Crippen LogP contribution in [0.3, 0.4) is 0 Å². The fourth-order valence-electron chi connectivity index (χ4n) is 4.11. The molecule has 3 aromatic carbocycles. The first-order valence-corrected chi connectivity index (χ1v) is 14.6. The van der Waals surface area contributed by atoms with E-state index in [9.17, 15) is 18.0 Å². The zero-order valence-electron chi connectivity index (χ0n) is 23.6. The molecule has 39 heavy (non-hydrogen) atoms. The van der Waals surface area contributed by atoms with Gasteiger partial charge in [-0.25, -0.2) is 8.42 Å². The van der Waals surface area contributed by atoms with Gasteiger partial charge in [0.15, 0.2) is 0 Å². The maximum Gasteiger partial charge on any atom is 0.264 e. The lowest BCUT2D eigenvalue weighted by Crippen LogP contribution is -2.54. The van der Waals surface area contributed by atoms with Crippen molar-refractivity contribution in [2.75, 3.05) is 10.8 Å².